The highest BCUT2D eigenvalue weighted by Crippen LogP contribution is 2.38. The molecule has 2 amide bonds. The van der Waals surface area contributed by atoms with Gasteiger partial charge in [0.25, 0.3) is 0 Å². The first-order chi connectivity index (χ1) is 9.11. The first kappa shape index (κ1) is 14.5. The number of hydrogen-bond donors (Lipinski definition) is 3. The Morgan fingerprint density at radius 1 is 1.47 bits per heavy atom. The van der Waals surface area contributed by atoms with Crippen molar-refractivity contribution in [2.24, 2.45) is 5.92 Å². The number of nitrogens with one attached hydrogen (secondary N) is 2. The number of carbonyl (C=O) groups is 2. The molecule has 0 bridgehead atoms. The van der Waals surface area contributed by atoms with Gasteiger partial charge in [0.2, 0.25) is 0 Å². The van der Waals surface area contributed by atoms with Gasteiger partial charge in [0.15, 0.2) is 0 Å². The van der Waals surface area contributed by atoms with Gasteiger partial charge in [-0.15, -0.1) is 0 Å². The van der Waals surface area contributed by atoms with Crippen LogP contribution in [0.3, 0.4) is 0 Å². The van der Waals surface area contributed by atoms with E-state index >= 15 is 0 Å². The number of hydrogen-bond acceptors (Lipinski definition) is 3. The Balaban J connectivity index is 1.91. The maximum atomic E-state index is 11.4. The molecule has 2 rings (SSSR count). The number of rotatable bonds is 7. The van der Waals surface area contributed by atoms with Crippen LogP contribution in [0.25, 0.3) is 0 Å². The molecule has 2 aliphatic rings. The number of thioether (sulfide) groups is 1. The molecule has 19 heavy (non-hydrogen) atoms. The zero-order chi connectivity index (χ0) is 13.8. The summed E-state index contributed by atoms with van der Waals surface area (Å²) in [5.41, 5.74) is 0. The van der Waals surface area contributed by atoms with Gasteiger partial charge in [0, 0.05) is 17.4 Å². The van der Waals surface area contributed by atoms with Crippen molar-refractivity contribution >= 4 is 23.8 Å². The van der Waals surface area contributed by atoms with E-state index in [0.717, 1.165) is 31.4 Å². The molecule has 3 N–H and O–H groups in total. The third-order valence-electron chi connectivity index (χ3n) is 3.96. The average Bonchev–Trinajstić information content (AvgIpc) is 2.86. The van der Waals surface area contributed by atoms with E-state index in [4.69, 9.17) is 5.11 Å². The highest BCUT2D eigenvalue weighted by atomic mass is 32.2. The van der Waals surface area contributed by atoms with Crippen molar-refractivity contribution in [1.29, 1.82) is 0 Å². The third kappa shape index (κ3) is 3.55. The lowest BCUT2D eigenvalue weighted by Gasteiger charge is -2.26. The first-order valence-electron chi connectivity index (χ1n) is 7.02. The quantitative estimate of drug-likeness (QED) is 0.624. The number of carbonyl (C=O) groups excluding carboxylic acids is 1. The summed E-state index contributed by atoms with van der Waals surface area (Å²) in [6, 6.07) is 0.418. The molecule has 4 atom stereocenters. The zero-order valence-corrected chi connectivity index (χ0v) is 12.0. The van der Waals surface area contributed by atoms with Crippen LogP contribution >= 0.6 is 11.8 Å². The second-order valence-corrected chi connectivity index (χ2v) is 6.59. The predicted octanol–water partition coefficient (Wildman–Crippen LogP) is 1.82. The van der Waals surface area contributed by atoms with Crippen molar-refractivity contribution in [3.63, 3.8) is 0 Å². The lowest BCUT2D eigenvalue weighted by Crippen LogP contribution is -2.40. The van der Waals surface area contributed by atoms with Crippen LogP contribution < -0.4 is 10.6 Å². The van der Waals surface area contributed by atoms with Crippen LogP contribution in [0.2, 0.25) is 0 Å². The summed E-state index contributed by atoms with van der Waals surface area (Å²) in [4.78, 5) is 22.0. The molecule has 0 radical (unpaired) electrons. The van der Waals surface area contributed by atoms with Gasteiger partial charge in [-0.25, -0.2) is 4.79 Å². The Morgan fingerprint density at radius 2 is 2.26 bits per heavy atom. The van der Waals surface area contributed by atoms with Crippen molar-refractivity contribution in [1.82, 2.24) is 10.6 Å². The lowest BCUT2D eigenvalue weighted by atomic mass is 9.88. The molecule has 4 unspecified atom stereocenters. The summed E-state index contributed by atoms with van der Waals surface area (Å²) in [5.74, 6) is 0.750. The largest absolute Gasteiger partial charge is 0.481 e. The zero-order valence-electron chi connectivity index (χ0n) is 11.2. The number of urea groups is 1. The van der Waals surface area contributed by atoms with Crippen LogP contribution in [-0.4, -0.2) is 40.2 Å². The SMILES string of the molecule is CCCC(CCCC(=O)O)C1SCC2NC(=O)NC21. The van der Waals surface area contributed by atoms with E-state index in [-0.39, 0.29) is 24.5 Å². The molecular formula is C13H22N2O3S. The van der Waals surface area contributed by atoms with Crippen LogP contribution in [0, 0.1) is 5.92 Å². The fourth-order valence-corrected chi connectivity index (χ4v) is 4.84. The minimum absolute atomic E-state index is 0.0546. The molecule has 0 aromatic rings. The van der Waals surface area contributed by atoms with E-state index in [1.807, 2.05) is 11.8 Å². The van der Waals surface area contributed by atoms with Crippen LogP contribution in [0.4, 0.5) is 4.79 Å². The Hall–Kier alpha value is -0.910. The smallest absolute Gasteiger partial charge is 0.315 e. The van der Waals surface area contributed by atoms with Gasteiger partial charge in [-0.05, 0) is 25.2 Å². The van der Waals surface area contributed by atoms with Crippen molar-refractivity contribution in [3.05, 3.63) is 0 Å². The normalized spacial score (nSPS) is 30.6. The van der Waals surface area contributed by atoms with E-state index < -0.39 is 5.97 Å². The fraction of sp³-hybridized carbons (Fsp3) is 0.846. The molecule has 108 valence electrons. The molecule has 2 fully saturated rings. The maximum Gasteiger partial charge on any atom is 0.315 e. The van der Waals surface area contributed by atoms with E-state index in [9.17, 15) is 9.59 Å². The summed E-state index contributed by atoms with van der Waals surface area (Å²) in [7, 11) is 0. The van der Waals surface area contributed by atoms with Gasteiger partial charge in [-0.2, -0.15) is 11.8 Å². The van der Waals surface area contributed by atoms with Crippen molar-refractivity contribution in [3.8, 4) is 0 Å². The predicted molar refractivity (Wildman–Crippen MR) is 75.4 cm³/mol. The van der Waals surface area contributed by atoms with Gasteiger partial charge < -0.3 is 15.7 Å². The number of carboxylic acids is 1. The number of amides is 2. The highest BCUT2D eigenvalue weighted by Gasteiger charge is 2.45. The van der Waals surface area contributed by atoms with Gasteiger partial charge >= 0.3 is 12.0 Å². The van der Waals surface area contributed by atoms with Crippen molar-refractivity contribution in [2.75, 3.05) is 5.75 Å². The summed E-state index contributed by atoms with van der Waals surface area (Å²) in [6.07, 6.45) is 4.13. The van der Waals surface area contributed by atoms with Crippen LogP contribution in [0.1, 0.15) is 39.0 Å². The Labute approximate surface area is 117 Å². The number of aliphatic carboxylic acids is 1. The van der Waals surface area contributed by atoms with Crippen LogP contribution in [-0.2, 0) is 4.79 Å². The van der Waals surface area contributed by atoms with Gasteiger partial charge in [0.05, 0.1) is 12.1 Å². The standard InChI is InChI=1S/C13H22N2O3S/c1-2-4-8(5-3-6-10(16)17)12-11-9(7-19-12)14-13(18)15-11/h8-9,11-12H,2-7H2,1H3,(H,16,17)(H2,14,15,18). The second-order valence-electron chi connectivity index (χ2n) is 5.38. The van der Waals surface area contributed by atoms with Crippen molar-refractivity contribution < 1.29 is 14.7 Å². The molecule has 0 spiro atoms. The molecule has 2 aliphatic heterocycles. The Bertz CT molecular complexity index is 351. The maximum absolute atomic E-state index is 11.4. The molecule has 5 nitrogen and oxygen atoms in total. The molecular weight excluding hydrogens is 264 g/mol. The molecule has 0 aromatic carbocycles. The van der Waals surface area contributed by atoms with Crippen LogP contribution in [0.5, 0.6) is 0 Å². The topological polar surface area (TPSA) is 78.4 Å². The van der Waals surface area contributed by atoms with E-state index in [1.54, 1.807) is 0 Å². The van der Waals surface area contributed by atoms with E-state index in [0.29, 0.717) is 11.2 Å². The highest BCUT2D eigenvalue weighted by molar-refractivity contribution is 8.00. The molecule has 0 saturated carbocycles. The lowest BCUT2D eigenvalue weighted by molar-refractivity contribution is -0.137. The van der Waals surface area contributed by atoms with Gasteiger partial charge in [-0.3, -0.25) is 4.79 Å². The summed E-state index contributed by atoms with van der Waals surface area (Å²) < 4.78 is 0. The minimum atomic E-state index is -0.719. The third-order valence-corrected chi connectivity index (χ3v) is 5.57. The van der Waals surface area contributed by atoms with E-state index in [2.05, 4.69) is 17.6 Å². The summed E-state index contributed by atoms with van der Waals surface area (Å²) in [5, 5.41) is 15.1. The monoisotopic (exact) mass is 286 g/mol. The first-order valence-corrected chi connectivity index (χ1v) is 8.07. The summed E-state index contributed by atoms with van der Waals surface area (Å²) in [6.45, 7) is 2.16. The molecule has 6 heteroatoms. The molecule has 2 heterocycles. The molecule has 2 saturated heterocycles. The van der Waals surface area contributed by atoms with Gasteiger partial charge in [0.1, 0.15) is 0 Å². The summed E-state index contributed by atoms with van der Waals surface area (Å²) >= 11 is 1.92. The number of fused-ring (bicyclic) bond motifs is 1. The average molecular weight is 286 g/mol. The number of carboxylic acid groups (broad SMARTS) is 1. The van der Waals surface area contributed by atoms with Gasteiger partial charge in [-0.1, -0.05) is 13.3 Å². The second kappa shape index (κ2) is 6.50. The molecule has 0 aliphatic carbocycles. The Kier molecular flexibility index (Phi) is 4.96. The molecule has 0 aromatic heterocycles. The van der Waals surface area contributed by atoms with Crippen molar-refractivity contribution in [2.45, 2.75) is 56.4 Å². The fourth-order valence-electron chi connectivity index (χ4n) is 3.12. The van der Waals surface area contributed by atoms with E-state index in [1.165, 1.54) is 0 Å². The Morgan fingerprint density at radius 3 is 2.95 bits per heavy atom. The van der Waals surface area contributed by atoms with Crippen LogP contribution in [0.15, 0.2) is 0 Å². The minimum Gasteiger partial charge on any atom is -0.481 e.